The minimum absolute atomic E-state index is 0.0157. The van der Waals surface area contributed by atoms with Gasteiger partial charge in [-0.15, -0.1) is 10.2 Å². The molecule has 1 aromatic heterocycles. The number of thioether (sulfide) groups is 1. The molecule has 0 aliphatic heterocycles. The molecule has 5 nitrogen and oxygen atoms in total. The van der Waals surface area contributed by atoms with E-state index in [1.54, 1.807) is 18.9 Å². The van der Waals surface area contributed by atoms with Crippen LogP contribution in [0.15, 0.2) is 28.6 Å². The second-order valence-corrected chi connectivity index (χ2v) is 6.51. The predicted octanol–water partition coefficient (Wildman–Crippen LogP) is 3.58. The largest absolute Gasteiger partial charge is 0.497 e. The van der Waals surface area contributed by atoms with Gasteiger partial charge in [0.15, 0.2) is 4.34 Å². The second kappa shape index (κ2) is 7.99. The summed E-state index contributed by atoms with van der Waals surface area (Å²) in [5, 5.41) is 11.4. The number of nitrogens with zero attached hydrogens (tertiary/aromatic N) is 2. The topological polar surface area (TPSA) is 64.1 Å². The Morgan fingerprint density at radius 3 is 3.05 bits per heavy atom. The lowest BCUT2D eigenvalue weighted by Gasteiger charge is -2.02. The summed E-state index contributed by atoms with van der Waals surface area (Å²) in [5.41, 5.74) is 1.16. The Kier molecular flexibility index (Phi) is 6.01. The molecule has 1 aromatic carbocycles. The summed E-state index contributed by atoms with van der Waals surface area (Å²) in [7, 11) is 1.66. The molecule has 112 valence electrons. The number of nitrogens with one attached hydrogen (secondary N) is 1. The highest BCUT2D eigenvalue weighted by Gasteiger charge is 2.08. The zero-order valence-corrected chi connectivity index (χ0v) is 13.6. The Morgan fingerprint density at radius 2 is 2.29 bits per heavy atom. The van der Waals surface area contributed by atoms with Gasteiger partial charge >= 0.3 is 0 Å². The zero-order valence-electron chi connectivity index (χ0n) is 12.0. The van der Waals surface area contributed by atoms with Gasteiger partial charge in [0, 0.05) is 12.2 Å². The van der Waals surface area contributed by atoms with E-state index in [1.165, 1.54) is 11.3 Å². The van der Waals surface area contributed by atoms with E-state index in [-0.39, 0.29) is 5.91 Å². The molecule has 2 rings (SSSR count). The van der Waals surface area contributed by atoms with Crippen LogP contribution in [0.4, 0.5) is 5.13 Å². The lowest BCUT2D eigenvalue weighted by atomic mass is 10.2. The third-order valence-corrected chi connectivity index (χ3v) is 4.67. The first-order valence-corrected chi connectivity index (χ1v) is 8.40. The molecular weight excluding hydrogens is 306 g/mol. The Morgan fingerprint density at radius 1 is 1.43 bits per heavy atom. The SMILES string of the molecule is CCCC(=O)Nc1nnc(SCc2cccc(OC)c2)s1. The summed E-state index contributed by atoms with van der Waals surface area (Å²) in [4.78, 5) is 11.5. The van der Waals surface area contributed by atoms with E-state index >= 15 is 0 Å². The number of hydrogen-bond acceptors (Lipinski definition) is 6. The van der Waals surface area contributed by atoms with E-state index in [4.69, 9.17) is 4.74 Å². The predicted molar refractivity (Wildman–Crippen MR) is 86.0 cm³/mol. The third kappa shape index (κ3) is 5.02. The molecule has 21 heavy (non-hydrogen) atoms. The molecule has 0 unspecified atom stereocenters. The van der Waals surface area contributed by atoms with Crippen molar-refractivity contribution in [3.63, 3.8) is 0 Å². The molecule has 2 aromatic rings. The number of aromatic nitrogens is 2. The zero-order chi connectivity index (χ0) is 15.1. The fourth-order valence-corrected chi connectivity index (χ4v) is 3.35. The van der Waals surface area contributed by atoms with Gasteiger partial charge in [0.1, 0.15) is 5.75 Å². The number of amides is 1. The molecule has 7 heteroatoms. The summed E-state index contributed by atoms with van der Waals surface area (Å²) in [6, 6.07) is 7.92. The molecule has 0 bridgehead atoms. The first-order valence-electron chi connectivity index (χ1n) is 6.60. The monoisotopic (exact) mass is 323 g/mol. The highest BCUT2D eigenvalue weighted by Crippen LogP contribution is 2.29. The quantitative estimate of drug-likeness (QED) is 0.623. The number of carbonyl (C=O) groups excluding carboxylic acids is 1. The van der Waals surface area contributed by atoms with Crippen molar-refractivity contribution in [3.05, 3.63) is 29.8 Å². The van der Waals surface area contributed by atoms with E-state index in [1.807, 2.05) is 31.2 Å². The number of anilines is 1. The highest BCUT2D eigenvalue weighted by atomic mass is 32.2. The van der Waals surface area contributed by atoms with Gasteiger partial charge in [-0.25, -0.2) is 0 Å². The maximum atomic E-state index is 11.5. The first-order chi connectivity index (χ1) is 10.2. The van der Waals surface area contributed by atoms with Gasteiger partial charge in [-0.2, -0.15) is 0 Å². The lowest BCUT2D eigenvalue weighted by molar-refractivity contribution is -0.116. The number of methoxy groups -OCH3 is 1. The number of hydrogen-bond donors (Lipinski definition) is 1. The van der Waals surface area contributed by atoms with E-state index in [0.29, 0.717) is 11.6 Å². The normalized spacial score (nSPS) is 10.4. The van der Waals surface area contributed by atoms with Crippen LogP contribution in [0.5, 0.6) is 5.75 Å². The van der Waals surface area contributed by atoms with Crippen LogP contribution in [-0.4, -0.2) is 23.2 Å². The number of benzene rings is 1. The Bertz CT molecular complexity index is 601. The standard InChI is InChI=1S/C14H17N3O2S2/c1-3-5-12(18)15-13-16-17-14(21-13)20-9-10-6-4-7-11(8-10)19-2/h4,6-8H,3,5,9H2,1-2H3,(H,15,16,18). The van der Waals surface area contributed by atoms with Gasteiger partial charge in [-0.3, -0.25) is 4.79 Å². The smallest absolute Gasteiger partial charge is 0.226 e. The van der Waals surface area contributed by atoms with Gasteiger partial charge in [-0.1, -0.05) is 42.2 Å². The Labute approximate surface area is 132 Å². The molecule has 1 amide bonds. The van der Waals surface area contributed by atoms with Crippen molar-refractivity contribution < 1.29 is 9.53 Å². The van der Waals surface area contributed by atoms with Crippen LogP contribution in [0.3, 0.4) is 0 Å². The van der Waals surface area contributed by atoms with Crippen LogP contribution in [0, 0.1) is 0 Å². The van der Waals surface area contributed by atoms with Crippen LogP contribution in [0.2, 0.25) is 0 Å². The van der Waals surface area contributed by atoms with Crippen molar-refractivity contribution in [1.82, 2.24) is 10.2 Å². The molecular formula is C14H17N3O2S2. The number of carbonyl (C=O) groups is 1. The van der Waals surface area contributed by atoms with E-state index in [9.17, 15) is 4.79 Å². The summed E-state index contributed by atoms with van der Waals surface area (Å²) in [6.45, 7) is 1.97. The van der Waals surface area contributed by atoms with Gasteiger partial charge in [0.2, 0.25) is 11.0 Å². The van der Waals surface area contributed by atoms with Crippen LogP contribution in [-0.2, 0) is 10.5 Å². The van der Waals surface area contributed by atoms with Crippen molar-refractivity contribution in [2.45, 2.75) is 29.9 Å². The maximum Gasteiger partial charge on any atom is 0.226 e. The van der Waals surface area contributed by atoms with Gasteiger partial charge in [0.05, 0.1) is 7.11 Å². The molecule has 0 aliphatic carbocycles. The van der Waals surface area contributed by atoms with E-state index < -0.39 is 0 Å². The summed E-state index contributed by atoms with van der Waals surface area (Å²) < 4.78 is 6.03. The summed E-state index contributed by atoms with van der Waals surface area (Å²) in [6.07, 6.45) is 1.33. The van der Waals surface area contributed by atoms with E-state index in [0.717, 1.165) is 27.8 Å². The molecule has 0 saturated heterocycles. The van der Waals surface area contributed by atoms with Crippen LogP contribution < -0.4 is 10.1 Å². The molecule has 0 atom stereocenters. The molecule has 0 aliphatic rings. The van der Waals surface area contributed by atoms with Crippen molar-refractivity contribution in [1.29, 1.82) is 0 Å². The second-order valence-electron chi connectivity index (χ2n) is 4.31. The average molecular weight is 323 g/mol. The van der Waals surface area contributed by atoms with Gasteiger partial charge in [0.25, 0.3) is 0 Å². The maximum absolute atomic E-state index is 11.5. The number of rotatable bonds is 7. The van der Waals surface area contributed by atoms with Crippen LogP contribution in [0.1, 0.15) is 25.3 Å². The molecule has 0 saturated carbocycles. The van der Waals surface area contributed by atoms with Crippen molar-refractivity contribution in [2.24, 2.45) is 0 Å². The minimum atomic E-state index is -0.0157. The van der Waals surface area contributed by atoms with Crippen molar-refractivity contribution in [3.8, 4) is 5.75 Å². The molecule has 0 fully saturated rings. The summed E-state index contributed by atoms with van der Waals surface area (Å²) >= 11 is 2.99. The minimum Gasteiger partial charge on any atom is -0.497 e. The highest BCUT2D eigenvalue weighted by molar-refractivity contribution is 8.00. The van der Waals surface area contributed by atoms with Gasteiger partial charge in [-0.05, 0) is 24.1 Å². The Hall–Kier alpha value is -1.60. The average Bonchev–Trinajstić information content (AvgIpc) is 2.93. The first kappa shape index (κ1) is 15.8. The fourth-order valence-electron chi connectivity index (χ4n) is 1.63. The number of ether oxygens (including phenoxy) is 1. The molecule has 1 heterocycles. The molecule has 0 spiro atoms. The fraction of sp³-hybridized carbons (Fsp3) is 0.357. The summed E-state index contributed by atoms with van der Waals surface area (Å²) in [5.74, 6) is 1.62. The van der Waals surface area contributed by atoms with Crippen molar-refractivity contribution in [2.75, 3.05) is 12.4 Å². The molecule has 0 radical (unpaired) electrons. The van der Waals surface area contributed by atoms with Gasteiger partial charge < -0.3 is 10.1 Å². The van der Waals surface area contributed by atoms with Crippen molar-refractivity contribution >= 4 is 34.1 Å². The molecule has 1 N–H and O–H groups in total. The van der Waals surface area contributed by atoms with Crippen LogP contribution >= 0.6 is 23.1 Å². The Balaban J connectivity index is 1.89. The lowest BCUT2D eigenvalue weighted by Crippen LogP contribution is -2.10. The third-order valence-electron chi connectivity index (χ3n) is 2.63. The van der Waals surface area contributed by atoms with Crippen LogP contribution in [0.25, 0.3) is 0 Å². The van der Waals surface area contributed by atoms with E-state index in [2.05, 4.69) is 15.5 Å².